The SMILES string of the molecule is c1ccc(Nc2ccc(C3CNCCO3)cc2)nc1. The Labute approximate surface area is 112 Å². The molecule has 1 unspecified atom stereocenters. The van der Waals surface area contributed by atoms with E-state index in [2.05, 4.69) is 39.9 Å². The molecule has 0 saturated carbocycles. The second kappa shape index (κ2) is 5.82. The number of nitrogens with one attached hydrogen (secondary N) is 2. The molecule has 1 fully saturated rings. The van der Waals surface area contributed by atoms with Gasteiger partial charge in [0.25, 0.3) is 0 Å². The number of ether oxygens (including phenoxy) is 1. The van der Waals surface area contributed by atoms with Gasteiger partial charge in [-0.05, 0) is 29.8 Å². The van der Waals surface area contributed by atoms with E-state index in [-0.39, 0.29) is 6.10 Å². The van der Waals surface area contributed by atoms with Gasteiger partial charge in [0.2, 0.25) is 0 Å². The van der Waals surface area contributed by atoms with Crippen molar-refractivity contribution in [1.29, 1.82) is 0 Å². The number of hydrogen-bond acceptors (Lipinski definition) is 4. The van der Waals surface area contributed by atoms with Crippen LogP contribution in [0.5, 0.6) is 0 Å². The maximum Gasteiger partial charge on any atom is 0.130 e. The van der Waals surface area contributed by atoms with Gasteiger partial charge in [-0.25, -0.2) is 4.98 Å². The van der Waals surface area contributed by atoms with Crippen molar-refractivity contribution < 1.29 is 4.74 Å². The molecule has 4 nitrogen and oxygen atoms in total. The molecule has 1 atom stereocenters. The first-order chi connectivity index (χ1) is 9.42. The van der Waals surface area contributed by atoms with E-state index >= 15 is 0 Å². The molecule has 0 spiro atoms. The minimum atomic E-state index is 0.164. The summed E-state index contributed by atoms with van der Waals surface area (Å²) in [5, 5.41) is 6.60. The van der Waals surface area contributed by atoms with Crippen molar-refractivity contribution >= 4 is 11.5 Å². The van der Waals surface area contributed by atoms with Gasteiger partial charge in [-0.3, -0.25) is 0 Å². The number of hydrogen-bond donors (Lipinski definition) is 2. The van der Waals surface area contributed by atoms with Crippen molar-refractivity contribution in [3.63, 3.8) is 0 Å². The number of aromatic nitrogens is 1. The maximum absolute atomic E-state index is 5.73. The average molecular weight is 255 g/mol. The smallest absolute Gasteiger partial charge is 0.130 e. The van der Waals surface area contributed by atoms with Gasteiger partial charge < -0.3 is 15.4 Å². The van der Waals surface area contributed by atoms with Gasteiger partial charge >= 0.3 is 0 Å². The third-order valence-electron chi connectivity index (χ3n) is 3.15. The number of morpholine rings is 1. The molecule has 0 aliphatic carbocycles. The molecule has 3 rings (SSSR count). The average Bonchev–Trinajstić information content (AvgIpc) is 2.50. The molecule has 1 aromatic carbocycles. The third-order valence-corrected chi connectivity index (χ3v) is 3.15. The molecule has 0 amide bonds. The lowest BCUT2D eigenvalue weighted by molar-refractivity contribution is 0.0277. The van der Waals surface area contributed by atoms with Crippen LogP contribution in [-0.2, 0) is 4.74 Å². The minimum Gasteiger partial charge on any atom is -0.371 e. The van der Waals surface area contributed by atoms with E-state index in [0.29, 0.717) is 0 Å². The second-order valence-electron chi connectivity index (χ2n) is 4.53. The highest BCUT2D eigenvalue weighted by Gasteiger charge is 2.15. The number of nitrogens with zero attached hydrogens (tertiary/aromatic N) is 1. The van der Waals surface area contributed by atoms with Crippen molar-refractivity contribution in [3.8, 4) is 0 Å². The predicted octanol–water partition coefficient (Wildman–Crippen LogP) is 2.49. The Hall–Kier alpha value is -1.91. The van der Waals surface area contributed by atoms with Crippen molar-refractivity contribution in [3.05, 3.63) is 54.2 Å². The van der Waals surface area contributed by atoms with E-state index in [0.717, 1.165) is 31.2 Å². The highest BCUT2D eigenvalue weighted by Crippen LogP contribution is 2.21. The van der Waals surface area contributed by atoms with Crippen LogP contribution in [0.3, 0.4) is 0 Å². The van der Waals surface area contributed by atoms with Crippen LogP contribution < -0.4 is 10.6 Å². The molecular formula is C15H17N3O. The Morgan fingerprint density at radius 2 is 2.05 bits per heavy atom. The summed E-state index contributed by atoms with van der Waals surface area (Å²) in [7, 11) is 0. The Kier molecular flexibility index (Phi) is 3.72. The molecule has 2 N–H and O–H groups in total. The molecular weight excluding hydrogens is 238 g/mol. The summed E-state index contributed by atoms with van der Waals surface area (Å²) < 4.78 is 5.73. The quantitative estimate of drug-likeness (QED) is 0.884. The zero-order valence-electron chi connectivity index (χ0n) is 10.7. The maximum atomic E-state index is 5.73. The van der Waals surface area contributed by atoms with Crippen molar-refractivity contribution in [2.45, 2.75) is 6.10 Å². The van der Waals surface area contributed by atoms with E-state index in [1.54, 1.807) is 6.20 Å². The Bertz CT molecular complexity index is 507. The predicted molar refractivity (Wildman–Crippen MR) is 75.5 cm³/mol. The zero-order valence-corrected chi connectivity index (χ0v) is 10.7. The van der Waals surface area contributed by atoms with Crippen LogP contribution in [0.1, 0.15) is 11.7 Å². The molecule has 0 radical (unpaired) electrons. The first kappa shape index (κ1) is 12.1. The van der Waals surface area contributed by atoms with E-state index in [4.69, 9.17) is 4.74 Å². The second-order valence-corrected chi connectivity index (χ2v) is 4.53. The highest BCUT2D eigenvalue weighted by atomic mass is 16.5. The number of pyridine rings is 1. The van der Waals surface area contributed by atoms with Crippen LogP contribution in [0, 0.1) is 0 Å². The summed E-state index contributed by atoms with van der Waals surface area (Å²) in [6.07, 6.45) is 1.94. The first-order valence-electron chi connectivity index (χ1n) is 6.52. The van der Waals surface area contributed by atoms with Crippen LogP contribution in [0.25, 0.3) is 0 Å². The highest BCUT2D eigenvalue weighted by molar-refractivity contribution is 5.56. The third kappa shape index (κ3) is 3.10. The lowest BCUT2D eigenvalue weighted by atomic mass is 10.1. The Morgan fingerprint density at radius 3 is 2.74 bits per heavy atom. The normalized spacial score (nSPS) is 19.1. The fourth-order valence-electron chi connectivity index (χ4n) is 2.15. The fraction of sp³-hybridized carbons (Fsp3) is 0.267. The van der Waals surface area contributed by atoms with Crippen molar-refractivity contribution in [2.75, 3.05) is 25.0 Å². The van der Waals surface area contributed by atoms with Crippen LogP contribution in [0.15, 0.2) is 48.7 Å². The Balaban J connectivity index is 1.68. The van der Waals surface area contributed by atoms with E-state index in [1.807, 2.05) is 18.2 Å². The van der Waals surface area contributed by atoms with Gasteiger partial charge in [0, 0.05) is 25.0 Å². The monoisotopic (exact) mass is 255 g/mol. The molecule has 2 heterocycles. The molecule has 4 heteroatoms. The summed E-state index contributed by atoms with van der Waals surface area (Å²) in [6.45, 7) is 2.60. The molecule has 19 heavy (non-hydrogen) atoms. The molecule has 1 aromatic heterocycles. The molecule has 0 bridgehead atoms. The molecule has 1 saturated heterocycles. The van der Waals surface area contributed by atoms with Gasteiger partial charge in [-0.15, -0.1) is 0 Å². The number of benzene rings is 1. The summed E-state index contributed by atoms with van der Waals surface area (Å²) >= 11 is 0. The summed E-state index contributed by atoms with van der Waals surface area (Å²) in [5.41, 5.74) is 2.24. The number of rotatable bonds is 3. The van der Waals surface area contributed by atoms with E-state index < -0.39 is 0 Å². The molecule has 98 valence electrons. The van der Waals surface area contributed by atoms with E-state index in [1.165, 1.54) is 5.56 Å². The lowest BCUT2D eigenvalue weighted by Crippen LogP contribution is -2.33. The summed E-state index contributed by atoms with van der Waals surface area (Å²) in [5.74, 6) is 0.853. The number of anilines is 2. The van der Waals surface area contributed by atoms with Crippen LogP contribution in [-0.4, -0.2) is 24.7 Å². The standard InChI is InChI=1S/C15H17N3O/c1-2-8-17-15(3-1)18-13-6-4-12(5-7-13)14-11-16-9-10-19-14/h1-8,14,16H,9-11H2,(H,17,18). The first-order valence-corrected chi connectivity index (χ1v) is 6.52. The molecule has 2 aromatic rings. The fourth-order valence-corrected chi connectivity index (χ4v) is 2.15. The zero-order chi connectivity index (χ0) is 12.9. The summed E-state index contributed by atoms with van der Waals surface area (Å²) in [6, 6.07) is 14.1. The largest absolute Gasteiger partial charge is 0.371 e. The van der Waals surface area contributed by atoms with Crippen LogP contribution >= 0.6 is 0 Å². The van der Waals surface area contributed by atoms with Crippen molar-refractivity contribution in [2.24, 2.45) is 0 Å². The molecule has 1 aliphatic heterocycles. The minimum absolute atomic E-state index is 0.164. The van der Waals surface area contributed by atoms with Crippen LogP contribution in [0.2, 0.25) is 0 Å². The van der Waals surface area contributed by atoms with Crippen LogP contribution in [0.4, 0.5) is 11.5 Å². The summed E-state index contributed by atoms with van der Waals surface area (Å²) in [4.78, 5) is 4.24. The topological polar surface area (TPSA) is 46.2 Å². The van der Waals surface area contributed by atoms with Gasteiger partial charge in [-0.2, -0.15) is 0 Å². The van der Waals surface area contributed by atoms with Crippen molar-refractivity contribution in [1.82, 2.24) is 10.3 Å². The van der Waals surface area contributed by atoms with Gasteiger partial charge in [0.05, 0.1) is 12.7 Å². The van der Waals surface area contributed by atoms with E-state index in [9.17, 15) is 0 Å². The van der Waals surface area contributed by atoms with Gasteiger partial charge in [0.15, 0.2) is 0 Å². The van der Waals surface area contributed by atoms with Gasteiger partial charge in [-0.1, -0.05) is 18.2 Å². The molecule has 1 aliphatic rings. The Morgan fingerprint density at radius 1 is 1.16 bits per heavy atom. The lowest BCUT2D eigenvalue weighted by Gasteiger charge is -2.24. The van der Waals surface area contributed by atoms with Gasteiger partial charge in [0.1, 0.15) is 5.82 Å².